The number of hydrogen-bond acceptors (Lipinski definition) is 3. The molecule has 0 spiro atoms. The van der Waals surface area contributed by atoms with Gasteiger partial charge in [-0.15, -0.1) is 0 Å². The molecule has 0 atom stereocenters. The Kier molecular flexibility index (Phi) is 2.63. The van der Waals surface area contributed by atoms with Crippen molar-refractivity contribution < 1.29 is 8.91 Å². The third-order valence-electron chi connectivity index (χ3n) is 2.28. The average Bonchev–Trinajstić information content (AvgIpc) is 2.66. The summed E-state index contributed by atoms with van der Waals surface area (Å²) in [7, 11) is -1.53. The summed E-state index contributed by atoms with van der Waals surface area (Å²) >= 11 is 0. The van der Waals surface area contributed by atoms with E-state index in [2.05, 4.69) is 29.8 Å². The molecule has 0 saturated carbocycles. The zero-order valence-corrected chi connectivity index (χ0v) is 10.5. The lowest BCUT2D eigenvalue weighted by Gasteiger charge is -2.08. The maximum Gasteiger partial charge on any atom is 0.222 e. The van der Waals surface area contributed by atoms with Crippen LogP contribution in [-0.4, -0.2) is 18.2 Å². The Morgan fingerprint density at radius 1 is 1.31 bits per heavy atom. The zero-order valence-electron chi connectivity index (χ0n) is 9.49. The summed E-state index contributed by atoms with van der Waals surface area (Å²) < 4.78 is 18.7. The van der Waals surface area contributed by atoms with E-state index in [1.54, 1.807) is 12.1 Å². The highest BCUT2D eigenvalue weighted by atomic mass is 28.3. The smallest absolute Gasteiger partial charge is 0.222 e. The highest BCUT2D eigenvalue weighted by Gasteiger charge is 2.23. The molecular weight excluding hydrogens is 223 g/mol. The van der Waals surface area contributed by atoms with Crippen LogP contribution in [0.25, 0.3) is 11.3 Å². The van der Waals surface area contributed by atoms with Crippen molar-refractivity contribution in [3.63, 3.8) is 0 Å². The van der Waals surface area contributed by atoms with Gasteiger partial charge in [-0.05, 0) is 12.1 Å². The molecule has 2 rings (SSSR count). The Hall–Kier alpha value is -1.49. The number of hydrogen-bond donors (Lipinski definition) is 0. The maximum atomic E-state index is 13.4. The van der Waals surface area contributed by atoms with E-state index < -0.39 is 14.0 Å². The van der Waals surface area contributed by atoms with Crippen LogP contribution in [0.1, 0.15) is 0 Å². The third-order valence-corrected chi connectivity index (χ3v) is 4.00. The van der Waals surface area contributed by atoms with Crippen molar-refractivity contribution in [1.29, 1.82) is 0 Å². The molecule has 2 heterocycles. The quantitative estimate of drug-likeness (QED) is 0.594. The first-order chi connectivity index (χ1) is 7.48. The lowest BCUT2D eigenvalue weighted by Crippen LogP contribution is -2.36. The second-order valence-electron chi connectivity index (χ2n) is 4.67. The minimum atomic E-state index is -1.53. The minimum absolute atomic E-state index is 0.385. The molecule has 0 amide bonds. The molecule has 84 valence electrons. The van der Waals surface area contributed by atoms with Crippen molar-refractivity contribution in [2.75, 3.05) is 0 Å². The number of pyridine rings is 1. The van der Waals surface area contributed by atoms with Crippen molar-refractivity contribution in [3.8, 4) is 11.3 Å². The van der Waals surface area contributed by atoms with Gasteiger partial charge in [0.2, 0.25) is 5.95 Å². The molecule has 0 N–H and O–H groups in total. The molecule has 0 aliphatic heterocycles. The van der Waals surface area contributed by atoms with Crippen molar-refractivity contribution >= 4 is 13.5 Å². The molecule has 0 unspecified atom stereocenters. The van der Waals surface area contributed by atoms with Crippen molar-refractivity contribution in [2.24, 2.45) is 0 Å². The van der Waals surface area contributed by atoms with E-state index in [4.69, 9.17) is 4.52 Å². The molecular formula is C11H13FN2OSi. The Balaban J connectivity index is 2.44. The van der Waals surface area contributed by atoms with E-state index in [-0.39, 0.29) is 0 Å². The van der Waals surface area contributed by atoms with Gasteiger partial charge in [-0.2, -0.15) is 4.39 Å². The molecule has 0 aliphatic carbocycles. The standard InChI is InChI=1S/C11H13FN2OSi/c1-16(2,3)10-7-9(14-15-10)8-5-4-6-13-11(8)12/h4-7H,1-3H3. The molecule has 0 fully saturated rings. The second kappa shape index (κ2) is 3.82. The summed E-state index contributed by atoms with van der Waals surface area (Å²) in [5, 5.41) is 4.76. The molecule has 2 aromatic heterocycles. The third kappa shape index (κ3) is 2.04. The van der Waals surface area contributed by atoms with E-state index in [0.717, 1.165) is 5.38 Å². The first kappa shape index (κ1) is 11.0. The van der Waals surface area contributed by atoms with E-state index in [0.29, 0.717) is 11.3 Å². The lowest BCUT2D eigenvalue weighted by molar-refractivity contribution is 0.445. The fourth-order valence-electron chi connectivity index (χ4n) is 1.33. The number of rotatable bonds is 2. The molecule has 0 aromatic carbocycles. The SMILES string of the molecule is C[Si](C)(C)c1cc(-c2cccnc2F)no1. The molecule has 3 nitrogen and oxygen atoms in total. The predicted molar refractivity (Wildman–Crippen MR) is 62.7 cm³/mol. The normalized spacial score (nSPS) is 11.8. The Morgan fingerprint density at radius 3 is 2.62 bits per heavy atom. The van der Waals surface area contributed by atoms with E-state index >= 15 is 0 Å². The lowest BCUT2D eigenvalue weighted by atomic mass is 10.2. The number of aromatic nitrogens is 2. The molecule has 2 aromatic rings. The summed E-state index contributed by atoms with van der Waals surface area (Å²) in [4.78, 5) is 3.59. The van der Waals surface area contributed by atoms with Crippen LogP contribution in [0.5, 0.6) is 0 Å². The van der Waals surface area contributed by atoms with Gasteiger partial charge in [0.05, 0.1) is 5.56 Å². The predicted octanol–water partition coefficient (Wildman–Crippen LogP) is 2.42. The van der Waals surface area contributed by atoms with E-state index in [1.165, 1.54) is 6.20 Å². The van der Waals surface area contributed by atoms with Gasteiger partial charge >= 0.3 is 0 Å². The van der Waals surface area contributed by atoms with Crippen LogP contribution in [0.3, 0.4) is 0 Å². The van der Waals surface area contributed by atoms with Crippen LogP contribution in [-0.2, 0) is 0 Å². The largest absolute Gasteiger partial charge is 0.366 e. The van der Waals surface area contributed by atoms with Gasteiger partial charge < -0.3 is 4.52 Å². The molecule has 16 heavy (non-hydrogen) atoms. The van der Waals surface area contributed by atoms with Gasteiger partial charge in [0.15, 0.2) is 0 Å². The number of halogens is 1. The van der Waals surface area contributed by atoms with Gasteiger partial charge in [-0.3, -0.25) is 0 Å². The first-order valence-electron chi connectivity index (χ1n) is 5.06. The van der Waals surface area contributed by atoms with Crippen LogP contribution in [0.4, 0.5) is 4.39 Å². The summed E-state index contributed by atoms with van der Waals surface area (Å²) in [6, 6.07) is 5.14. The van der Waals surface area contributed by atoms with Gasteiger partial charge in [-0.25, -0.2) is 4.98 Å². The Bertz CT molecular complexity index is 505. The van der Waals surface area contributed by atoms with Crippen LogP contribution in [0.2, 0.25) is 19.6 Å². The van der Waals surface area contributed by atoms with Crippen molar-refractivity contribution in [3.05, 3.63) is 30.3 Å². The molecule has 0 bridgehead atoms. The van der Waals surface area contributed by atoms with E-state index in [1.807, 2.05) is 6.07 Å². The fourth-order valence-corrected chi connectivity index (χ4v) is 2.22. The summed E-state index contributed by atoms with van der Waals surface area (Å²) in [6.07, 6.45) is 1.42. The Labute approximate surface area is 94.3 Å². The second-order valence-corrected chi connectivity index (χ2v) is 9.66. The summed E-state index contributed by atoms with van der Waals surface area (Å²) in [5.41, 5.74) is 0.902. The van der Waals surface area contributed by atoms with Crippen molar-refractivity contribution in [2.45, 2.75) is 19.6 Å². The fraction of sp³-hybridized carbons (Fsp3) is 0.273. The van der Waals surface area contributed by atoms with Gasteiger partial charge in [0.25, 0.3) is 0 Å². The Morgan fingerprint density at radius 2 is 2.06 bits per heavy atom. The van der Waals surface area contributed by atoms with Gasteiger partial charge in [-0.1, -0.05) is 24.8 Å². The first-order valence-corrected chi connectivity index (χ1v) is 8.56. The topological polar surface area (TPSA) is 38.9 Å². The highest BCUT2D eigenvalue weighted by molar-refractivity contribution is 6.87. The van der Waals surface area contributed by atoms with E-state index in [9.17, 15) is 4.39 Å². The van der Waals surface area contributed by atoms with Crippen molar-refractivity contribution in [1.82, 2.24) is 10.1 Å². The average molecular weight is 236 g/mol. The number of nitrogens with zero attached hydrogens (tertiary/aromatic N) is 2. The molecule has 0 saturated heterocycles. The summed E-state index contributed by atoms with van der Waals surface area (Å²) in [5.74, 6) is -0.516. The van der Waals surface area contributed by atoms with Crippen LogP contribution < -0.4 is 5.38 Å². The zero-order chi connectivity index (χ0) is 11.8. The van der Waals surface area contributed by atoms with Gasteiger partial charge in [0.1, 0.15) is 19.2 Å². The summed E-state index contributed by atoms with van der Waals surface area (Å²) in [6.45, 7) is 6.45. The minimum Gasteiger partial charge on any atom is -0.366 e. The maximum absolute atomic E-state index is 13.4. The highest BCUT2D eigenvalue weighted by Crippen LogP contribution is 2.19. The van der Waals surface area contributed by atoms with Gasteiger partial charge in [0, 0.05) is 12.3 Å². The van der Waals surface area contributed by atoms with Crippen LogP contribution in [0, 0.1) is 5.95 Å². The monoisotopic (exact) mass is 236 g/mol. The van der Waals surface area contributed by atoms with Crippen LogP contribution in [0.15, 0.2) is 28.9 Å². The van der Waals surface area contributed by atoms with Crippen LogP contribution >= 0.6 is 0 Å². The molecule has 0 radical (unpaired) electrons. The molecule has 0 aliphatic rings. The molecule has 5 heteroatoms.